The van der Waals surface area contributed by atoms with Crippen LogP contribution in [-0.4, -0.2) is 65.8 Å². The highest BCUT2D eigenvalue weighted by Crippen LogP contribution is 2.08. The van der Waals surface area contributed by atoms with Gasteiger partial charge in [-0.25, -0.2) is 4.98 Å². The lowest BCUT2D eigenvalue weighted by atomic mass is 10.2. The van der Waals surface area contributed by atoms with Gasteiger partial charge in [-0.2, -0.15) is 0 Å². The van der Waals surface area contributed by atoms with Gasteiger partial charge in [0.05, 0.1) is 39.6 Å². The van der Waals surface area contributed by atoms with Crippen LogP contribution in [0.2, 0.25) is 0 Å². The first kappa shape index (κ1) is 10.6. The molecule has 2 rings (SSSR count). The molecule has 0 bridgehead atoms. The summed E-state index contributed by atoms with van der Waals surface area (Å²) in [7, 11) is 4.57. The minimum Gasteiger partial charge on any atom is -0.332 e. The van der Waals surface area contributed by atoms with Gasteiger partial charge in [0.2, 0.25) is 0 Å². The van der Waals surface area contributed by atoms with Crippen molar-refractivity contribution in [2.75, 3.05) is 46.8 Å². The zero-order chi connectivity index (χ0) is 10.7. The largest absolute Gasteiger partial charge is 0.332 e. The van der Waals surface area contributed by atoms with Gasteiger partial charge in [0, 0.05) is 25.5 Å². The number of piperazine rings is 1. The topological polar surface area (TPSA) is 21.1 Å². The average Bonchev–Trinajstić information content (AvgIpc) is 2.73. The molecular weight excluding hydrogens is 188 g/mol. The summed E-state index contributed by atoms with van der Waals surface area (Å²) < 4.78 is 3.37. The Morgan fingerprint density at radius 1 is 1.33 bits per heavy atom. The summed E-state index contributed by atoms with van der Waals surface area (Å²) in [6.07, 6.45) is 5.80. The summed E-state index contributed by atoms with van der Waals surface area (Å²) in [6.45, 7) is 7.28. The quantitative estimate of drug-likeness (QED) is 0.667. The summed E-state index contributed by atoms with van der Waals surface area (Å²) >= 11 is 0. The zero-order valence-corrected chi connectivity index (χ0v) is 9.76. The maximum Gasteiger partial charge on any atom is 0.0967 e. The van der Waals surface area contributed by atoms with Crippen LogP contribution in [0.5, 0.6) is 0 Å². The lowest BCUT2D eigenvalue weighted by Gasteiger charge is -2.41. The van der Waals surface area contributed by atoms with Gasteiger partial charge in [0.1, 0.15) is 0 Å². The highest BCUT2D eigenvalue weighted by Gasteiger charge is 2.26. The van der Waals surface area contributed by atoms with Crippen LogP contribution in [0.15, 0.2) is 18.7 Å². The van der Waals surface area contributed by atoms with Gasteiger partial charge in [0.25, 0.3) is 0 Å². The van der Waals surface area contributed by atoms with Crippen LogP contribution in [0.1, 0.15) is 0 Å². The minimum atomic E-state index is 1.08. The highest BCUT2D eigenvalue weighted by atomic mass is 15.4. The second kappa shape index (κ2) is 4.33. The minimum absolute atomic E-state index is 1.08. The number of hydrogen-bond acceptors (Lipinski definition) is 2. The van der Waals surface area contributed by atoms with E-state index in [9.17, 15) is 0 Å². The molecule has 0 aliphatic carbocycles. The Labute approximate surface area is 91.7 Å². The molecule has 0 spiro atoms. The Balaban J connectivity index is 1.83. The van der Waals surface area contributed by atoms with Crippen LogP contribution in [-0.2, 0) is 6.54 Å². The molecule has 0 saturated carbocycles. The third-order valence-electron chi connectivity index (χ3n) is 3.50. The van der Waals surface area contributed by atoms with E-state index in [4.69, 9.17) is 0 Å². The molecule has 1 aliphatic rings. The first-order valence-corrected chi connectivity index (χ1v) is 5.66. The number of likely N-dealkylation sites (N-methyl/N-ethyl adjacent to an activating group) is 2. The van der Waals surface area contributed by atoms with Crippen molar-refractivity contribution in [2.24, 2.45) is 0 Å². The number of nitrogens with zero attached hydrogens (tertiary/aromatic N) is 4. The van der Waals surface area contributed by atoms with E-state index in [1.165, 1.54) is 37.2 Å². The predicted octanol–water partition coefficient (Wildman–Crippen LogP) is 0.275. The molecule has 1 saturated heterocycles. The van der Waals surface area contributed by atoms with Crippen molar-refractivity contribution >= 4 is 0 Å². The lowest BCUT2D eigenvalue weighted by molar-refractivity contribution is -0.914. The maximum atomic E-state index is 4.07. The smallest absolute Gasteiger partial charge is 0.0967 e. The van der Waals surface area contributed by atoms with Crippen LogP contribution < -0.4 is 0 Å². The molecular formula is C11H21N4+. The summed E-state index contributed by atoms with van der Waals surface area (Å²) in [5.41, 5.74) is 0. The van der Waals surface area contributed by atoms with E-state index < -0.39 is 0 Å². The highest BCUT2D eigenvalue weighted by molar-refractivity contribution is 4.73. The van der Waals surface area contributed by atoms with Crippen LogP contribution in [0.4, 0.5) is 0 Å². The van der Waals surface area contributed by atoms with Crippen molar-refractivity contribution in [3.8, 4) is 0 Å². The Morgan fingerprint density at radius 2 is 2.07 bits per heavy atom. The van der Waals surface area contributed by atoms with Crippen molar-refractivity contribution < 1.29 is 4.48 Å². The fraction of sp³-hybridized carbons (Fsp3) is 0.727. The van der Waals surface area contributed by atoms with Gasteiger partial charge in [0.15, 0.2) is 0 Å². The van der Waals surface area contributed by atoms with Gasteiger partial charge < -0.3 is 9.05 Å². The van der Waals surface area contributed by atoms with Gasteiger partial charge in [-0.05, 0) is 7.05 Å². The molecule has 15 heavy (non-hydrogen) atoms. The third-order valence-corrected chi connectivity index (χ3v) is 3.50. The molecule has 2 heterocycles. The fourth-order valence-corrected chi connectivity index (χ4v) is 2.05. The Hall–Kier alpha value is -0.870. The molecule has 4 nitrogen and oxygen atoms in total. The number of hydrogen-bond donors (Lipinski definition) is 0. The molecule has 0 atom stereocenters. The number of aromatic nitrogens is 2. The van der Waals surface area contributed by atoms with Crippen LogP contribution in [0.25, 0.3) is 0 Å². The summed E-state index contributed by atoms with van der Waals surface area (Å²) in [4.78, 5) is 6.48. The van der Waals surface area contributed by atoms with E-state index in [1.54, 1.807) is 0 Å². The molecule has 0 N–H and O–H groups in total. The second-order valence-corrected chi connectivity index (χ2v) is 4.89. The number of imidazole rings is 1. The van der Waals surface area contributed by atoms with E-state index >= 15 is 0 Å². The Bertz CT molecular complexity index is 286. The van der Waals surface area contributed by atoms with E-state index in [-0.39, 0.29) is 0 Å². The fourth-order valence-electron chi connectivity index (χ4n) is 2.05. The van der Waals surface area contributed by atoms with Crippen molar-refractivity contribution in [2.45, 2.75) is 6.54 Å². The van der Waals surface area contributed by atoms with E-state index in [0.717, 1.165) is 6.54 Å². The van der Waals surface area contributed by atoms with Crippen LogP contribution in [0.3, 0.4) is 0 Å². The van der Waals surface area contributed by atoms with Gasteiger partial charge in [-0.15, -0.1) is 0 Å². The van der Waals surface area contributed by atoms with Crippen molar-refractivity contribution in [1.29, 1.82) is 0 Å². The second-order valence-electron chi connectivity index (χ2n) is 4.89. The zero-order valence-electron chi connectivity index (χ0n) is 9.76. The van der Waals surface area contributed by atoms with E-state index in [1.807, 2.05) is 18.7 Å². The normalized spacial score (nSPS) is 21.7. The molecule has 0 unspecified atom stereocenters. The van der Waals surface area contributed by atoms with Gasteiger partial charge in [-0.1, -0.05) is 0 Å². The molecule has 4 heteroatoms. The third kappa shape index (κ3) is 2.79. The first-order chi connectivity index (χ1) is 7.18. The number of rotatable bonds is 3. The van der Waals surface area contributed by atoms with Gasteiger partial charge >= 0.3 is 0 Å². The molecule has 1 aromatic heterocycles. The molecule has 0 aromatic carbocycles. The van der Waals surface area contributed by atoms with E-state index in [2.05, 4.69) is 28.5 Å². The number of quaternary nitrogens is 1. The molecule has 0 radical (unpaired) electrons. The molecule has 1 fully saturated rings. The average molecular weight is 209 g/mol. The summed E-state index contributed by atoms with van der Waals surface area (Å²) in [5, 5.41) is 0. The van der Waals surface area contributed by atoms with Crippen molar-refractivity contribution in [1.82, 2.24) is 14.5 Å². The molecule has 0 amide bonds. The first-order valence-electron chi connectivity index (χ1n) is 5.66. The Kier molecular flexibility index (Phi) is 3.07. The Morgan fingerprint density at radius 3 is 2.67 bits per heavy atom. The standard InChI is InChI=1S/C11H21N4/c1-13-5-8-15(2,9-6-13)10-7-14-4-3-12-11-14/h3-4,11H,5-10H2,1-2H3/q+1. The van der Waals surface area contributed by atoms with Crippen LogP contribution >= 0.6 is 0 Å². The molecule has 84 valence electrons. The predicted molar refractivity (Wildman–Crippen MR) is 60.5 cm³/mol. The van der Waals surface area contributed by atoms with E-state index in [0.29, 0.717) is 0 Å². The lowest BCUT2D eigenvalue weighted by Crippen LogP contribution is -2.57. The summed E-state index contributed by atoms with van der Waals surface area (Å²) in [5.74, 6) is 0. The van der Waals surface area contributed by atoms with Crippen molar-refractivity contribution in [3.63, 3.8) is 0 Å². The molecule has 1 aromatic rings. The molecule has 1 aliphatic heterocycles. The SMILES string of the molecule is CN1CC[N+](C)(CCn2ccnc2)CC1. The monoisotopic (exact) mass is 209 g/mol. The maximum absolute atomic E-state index is 4.07. The van der Waals surface area contributed by atoms with Crippen molar-refractivity contribution in [3.05, 3.63) is 18.7 Å². The van der Waals surface area contributed by atoms with Gasteiger partial charge in [-0.3, -0.25) is 4.90 Å². The van der Waals surface area contributed by atoms with Crippen LogP contribution in [0, 0.1) is 0 Å². The summed E-state index contributed by atoms with van der Waals surface area (Å²) in [6, 6.07) is 0.